The lowest BCUT2D eigenvalue weighted by atomic mass is 10.1. The van der Waals surface area contributed by atoms with Crippen LogP contribution in [0.4, 0.5) is 9.18 Å². The molecule has 2 heterocycles. The molecule has 0 atom stereocenters. The van der Waals surface area contributed by atoms with Gasteiger partial charge in [-0.05, 0) is 35.7 Å². The van der Waals surface area contributed by atoms with Crippen molar-refractivity contribution >= 4 is 23.0 Å². The molecule has 0 bridgehead atoms. The minimum absolute atomic E-state index is 0.0354. The second kappa shape index (κ2) is 11.0. The van der Waals surface area contributed by atoms with Crippen molar-refractivity contribution in [2.75, 3.05) is 40.8 Å². The van der Waals surface area contributed by atoms with E-state index in [2.05, 4.69) is 10.3 Å². The zero-order valence-corrected chi connectivity index (χ0v) is 19.8. The molecule has 0 aliphatic heterocycles. The second-order valence-corrected chi connectivity index (χ2v) is 8.27. The summed E-state index contributed by atoms with van der Waals surface area (Å²) in [6, 6.07) is 7.38. The van der Waals surface area contributed by atoms with Gasteiger partial charge in [-0.1, -0.05) is 12.1 Å². The van der Waals surface area contributed by atoms with Gasteiger partial charge in [-0.3, -0.25) is 14.6 Å². The predicted octanol–water partition coefficient (Wildman–Crippen LogP) is 1.17. The lowest BCUT2D eigenvalue weighted by Crippen LogP contribution is -2.40. The van der Waals surface area contributed by atoms with Crippen molar-refractivity contribution in [3.63, 3.8) is 0 Å². The Bertz CT molecular complexity index is 1290. The van der Waals surface area contributed by atoms with Crippen molar-refractivity contribution in [1.82, 2.24) is 24.7 Å². The van der Waals surface area contributed by atoms with Crippen LogP contribution in [-0.4, -0.2) is 82.3 Å². The normalized spacial score (nSPS) is 10.9. The van der Waals surface area contributed by atoms with Gasteiger partial charge in [0.05, 0.1) is 12.1 Å². The summed E-state index contributed by atoms with van der Waals surface area (Å²) >= 11 is 0. The highest BCUT2D eigenvalue weighted by Gasteiger charge is 2.24. The first-order valence-electron chi connectivity index (χ1n) is 10.9. The molecule has 0 aliphatic rings. The van der Waals surface area contributed by atoms with E-state index in [0.717, 1.165) is 5.56 Å². The number of pyridine rings is 2. The molecule has 2 aromatic heterocycles. The number of carbonyl (C=O) groups excluding carboxylic acids is 2. The minimum atomic E-state index is -0.841. The summed E-state index contributed by atoms with van der Waals surface area (Å²) in [7, 11) is 4.80. The van der Waals surface area contributed by atoms with Crippen molar-refractivity contribution in [2.45, 2.75) is 13.0 Å². The van der Waals surface area contributed by atoms with E-state index in [9.17, 15) is 23.9 Å². The summed E-state index contributed by atoms with van der Waals surface area (Å²) in [5, 5.41) is 22.1. The van der Waals surface area contributed by atoms with Gasteiger partial charge < -0.3 is 29.9 Å². The van der Waals surface area contributed by atoms with Crippen molar-refractivity contribution in [3.8, 4) is 5.75 Å². The number of likely N-dealkylation sites (N-methyl/N-ethyl adjacent to an activating group) is 1. The number of aromatic hydroxyl groups is 1. The number of carbonyl (C=O) groups is 2. The maximum Gasteiger partial charge on any atom is 0.319 e. The smallest absolute Gasteiger partial charge is 0.319 e. The maximum absolute atomic E-state index is 13.3. The number of nitrogens with zero attached hydrogens (tertiary/aromatic N) is 4. The zero-order valence-electron chi connectivity index (χ0n) is 19.8. The molecule has 3 aromatic rings. The first-order valence-corrected chi connectivity index (χ1v) is 10.9. The number of fused-ring (bicyclic) bond motifs is 1. The number of aromatic nitrogens is 2. The van der Waals surface area contributed by atoms with Gasteiger partial charge in [0.1, 0.15) is 16.9 Å². The Balaban J connectivity index is 2.09. The molecule has 0 saturated heterocycles. The van der Waals surface area contributed by atoms with Gasteiger partial charge in [0.25, 0.3) is 11.5 Å². The fourth-order valence-corrected chi connectivity index (χ4v) is 3.65. The summed E-state index contributed by atoms with van der Waals surface area (Å²) in [4.78, 5) is 45.3. The van der Waals surface area contributed by atoms with E-state index >= 15 is 0 Å². The number of hydrogen-bond acceptors (Lipinski definition) is 6. The van der Waals surface area contributed by atoms with E-state index in [4.69, 9.17) is 5.11 Å². The molecule has 0 fully saturated rings. The molecule has 10 nitrogen and oxygen atoms in total. The molecular weight excluding hydrogens is 457 g/mol. The Morgan fingerprint density at radius 3 is 2.46 bits per heavy atom. The zero-order chi connectivity index (χ0) is 25.7. The third-order valence-electron chi connectivity index (χ3n) is 5.45. The van der Waals surface area contributed by atoms with E-state index in [0.29, 0.717) is 12.0 Å². The fraction of sp³-hybridized carbons (Fsp3) is 0.333. The van der Waals surface area contributed by atoms with Crippen molar-refractivity contribution < 1.29 is 24.2 Å². The molecule has 0 saturated carbocycles. The maximum atomic E-state index is 13.3. The molecule has 0 aliphatic carbocycles. The Hall–Kier alpha value is -3.99. The number of nitrogens with one attached hydrogen (secondary N) is 1. The van der Waals surface area contributed by atoms with Gasteiger partial charge in [0.2, 0.25) is 0 Å². The summed E-state index contributed by atoms with van der Waals surface area (Å²) in [6.45, 7) is -0.249. The standard InChI is InChI=1S/C24H28FN5O5/c1-28(2)24(35)29(3)9-10-30-18-13-16(12-15-4-6-17(25)7-5-15)14-27-20(18)21(32)19(23(30)34)22(33)26-8-11-31/h4-7,13-14,31-32H,8-12H2,1-3H3,(H,26,33). The first-order chi connectivity index (χ1) is 16.6. The lowest BCUT2D eigenvalue weighted by molar-refractivity contribution is 0.0940. The lowest BCUT2D eigenvalue weighted by Gasteiger charge is -2.23. The van der Waals surface area contributed by atoms with E-state index in [1.54, 1.807) is 39.3 Å². The highest BCUT2D eigenvalue weighted by atomic mass is 19.1. The molecule has 0 unspecified atom stereocenters. The van der Waals surface area contributed by atoms with Crippen LogP contribution in [0.15, 0.2) is 41.3 Å². The summed E-state index contributed by atoms with van der Waals surface area (Å²) < 4.78 is 14.6. The number of halogens is 1. The van der Waals surface area contributed by atoms with Crippen LogP contribution < -0.4 is 10.9 Å². The SMILES string of the molecule is CN(C)C(=O)N(C)CCn1c(=O)c(C(=O)NCCO)c(O)c2ncc(Cc3ccc(F)cc3)cc21. The Kier molecular flexibility index (Phi) is 8.02. The van der Waals surface area contributed by atoms with Crippen LogP contribution in [0.3, 0.4) is 0 Å². The molecule has 0 spiro atoms. The number of amides is 3. The van der Waals surface area contributed by atoms with Crippen LogP contribution in [0, 0.1) is 5.82 Å². The molecule has 3 rings (SSSR count). The molecule has 11 heteroatoms. The van der Waals surface area contributed by atoms with E-state index in [-0.39, 0.29) is 49.1 Å². The first kappa shape index (κ1) is 25.6. The quantitative estimate of drug-likeness (QED) is 0.440. The van der Waals surface area contributed by atoms with Gasteiger partial charge in [-0.25, -0.2) is 9.18 Å². The van der Waals surface area contributed by atoms with Crippen LogP contribution >= 0.6 is 0 Å². The number of aliphatic hydroxyl groups is 1. The van der Waals surface area contributed by atoms with Crippen LogP contribution in [0.25, 0.3) is 11.0 Å². The third kappa shape index (κ3) is 5.75. The van der Waals surface area contributed by atoms with Crippen molar-refractivity contribution in [1.29, 1.82) is 0 Å². The highest BCUT2D eigenvalue weighted by molar-refractivity contribution is 6.01. The van der Waals surface area contributed by atoms with Crippen LogP contribution in [0.1, 0.15) is 21.5 Å². The minimum Gasteiger partial charge on any atom is -0.505 e. The van der Waals surface area contributed by atoms with Gasteiger partial charge in [0, 0.05) is 47.0 Å². The van der Waals surface area contributed by atoms with E-state index in [1.165, 1.54) is 32.7 Å². The van der Waals surface area contributed by atoms with Gasteiger partial charge in [-0.15, -0.1) is 0 Å². The number of hydrogen-bond donors (Lipinski definition) is 3. The van der Waals surface area contributed by atoms with Crippen molar-refractivity contribution in [2.24, 2.45) is 0 Å². The van der Waals surface area contributed by atoms with E-state index in [1.807, 2.05) is 0 Å². The monoisotopic (exact) mass is 485 g/mol. The number of rotatable bonds is 8. The van der Waals surface area contributed by atoms with Gasteiger partial charge in [-0.2, -0.15) is 0 Å². The molecule has 0 radical (unpaired) electrons. The average Bonchev–Trinajstić information content (AvgIpc) is 2.83. The third-order valence-corrected chi connectivity index (χ3v) is 5.45. The molecule has 186 valence electrons. The van der Waals surface area contributed by atoms with Gasteiger partial charge >= 0.3 is 6.03 Å². The molecular formula is C24H28FN5O5. The van der Waals surface area contributed by atoms with Gasteiger partial charge in [0.15, 0.2) is 5.75 Å². The topological polar surface area (TPSA) is 128 Å². The molecule has 1 aromatic carbocycles. The number of aliphatic hydroxyl groups excluding tert-OH is 1. The Labute approximate surface area is 201 Å². The molecule has 3 N–H and O–H groups in total. The Morgan fingerprint density at radius 1 is 1.14 bits per heavy atom. The number of urea groups is 1. The second-order valence-electron chi connectivity index (χ2n) is 8.27. The summed E-state index contributed by atoms with van der Waals surface area (Å²) in [5.74, 6) is -1.76. The summed E-state index contributed by atoms with van der Waals surface area (Å²) in [6.07, 6.45) is 1.91. The number of benzene rings is 1. The Morgan fingerprint density at radius 2 is 1.83 bits per heavy atom. The fourth-order valence-electron chi connectivity index (χ4n) is 3.65. The van der Waals surface area contributed by atoms with Crippen LogP contribution in [-0.2, 0) is 13.0 Å². The van der Waals surface area contributed by atoms with Crippen LogP contribution in [0.2, 0.25) is 0 Å². The summed E-state index contributed by atoms with van der Waals surface area (Å²) in [5.41, 5.74) is 0.608. The van der Waals surface area contributed by atoms with Crippen LogP contribution in [0.5, 0.6) is 5.75 Å². The molecule has 3 amide bonds. The molecule has 35 heavy (non-hydrogen) atoms. The van der Waals surface area contributed by atoms with Crippen molar-refractivity contribution in [3.05, 3.63) is 69.4 Å². The highest BCUT2D eigenvalue weighted by Crippen LogP contribution is 2.26. The largest absolute Gasteiger partial charge is 0.505 e. The average molecular weight is 486 g/mol. The predicted molar refractivity (Wildman–Crippen MR) is 128 cm³/mol. The van der Waals surface area contributed by atoms with E-state index < -0.39 is 22.8 Å².